The number of benzene rings is 1. The summed E-state index contributed by atoms with van der Waals surface area (Å²) in [5, 5.41) is 2.98. The largest absolute Gasteiger partial charge is 0.462 e. The van der Waals surface area contributed by atoms with E-state index in [0.717, 1.165) is 24.9 Å². The van der Waals surface area contributed by atoms with Crippen molar-refractivity contribution in [1.82, 2.24) is 0 Å². The number of carbonyl (C=O) groups is 1. The predicted molar refractivity (Wildman–Crippen MR) is 65.8 cm³/mol. The molecule has 0 amide bonds. The maximum Gasteiger partial charge on any atom is 0.340 e. The van der Waals surface area contributed by atoms with Crippen LogP contribution in [-0.2, 0) is 4.74 Å². The van der Waals surface area contributed by atoms with Crippen molar-refractivity contribution in [3.05, 3.63) is 29.8 Å². The summed E-state index contributed by atoms with van der Waals surface area (Å²) < 4.78 is 5.19. The van der Waals surface area contributed by atoms with Crippen LogP contribution in [0.5, 0.6) is 0 Å². The highest BCUT2D eigenvalue weighted by Gasteiger charge is 2.10. The molecule has 0 aromatic heterocycles. The van der Waals surface area contributed by atoms with Gasteiger partial charge in [-0.1, -0.05) is 31.9 Å². The van der Waals surface area contributed by atoms with Crippen molar-refractivity contribution in [2.75, 3.05) is 19.0 Å². The summed E-state index contributed by atoms with van der Waals surface area (Å²) in [4.78, 5) is 11.7. The monoisotopic (exact) mass is 221 g/mol. The number of unbranched alkanes of at least 4 members (excludes halogenated alkanes) is 2. The molecule has 0 fully saturated rings. The maximum absolute atomic E-state index is 11.7. The molecule has 1 aromatic rings. The zero-order valence-corrected chi connectivity index (χ0v) is 9.95. The van der Waals surface area contributed by atoms with Gasteiger partial charge in [-0.25, -0.2) is 4.79 Å². The molecular weight excluding hydrogens is 202 g/mol. The molecule has 3 nitrogen and oxygen atoms in total. The van der Waals surface area contributed by atoms with E-state index < -0.39 is 0 Å². The van der Waals surface area contributed by atoms with E-state index in [1.807, 2.05) is 18.2 Å². The second kappa shape index (κ2) is 6.88. The second-order valence-electron chi connectivity index (χ2n) is 3.64. The van der Waals surface area contributed by atoms with Crippen molar-refractivity contribution < 1.29 is 9.53 Å². The van der Waals surface area contributed by atoms with Crippen LogP contribution in [0.25, 0.3) is 0 Å². The third-order valence-electron chi connectivity index (χ3n) is 2.40. The Bertz CT molecular complexity index is 336. The fraction of sp³-hybridized carbons (Fsp3) is 0.462. The van der Waals surface area contributed by atoms with Gasteiger partial charge in [0.15, 0.2) is 0 Å². The first kappa shape index (κ1) is 12.6. The van der Waals surface area contributed by atoms with Gasteiger partial charge < -0.3 is 10.1 Å². The van der Waals surface area contributed by atoms with Crippen molar-refractivity contribution in [2.45, 2.75) is 26.2 Å². The van der Waals surface area contributed by atoms with Gasteiger partial charge in [-0.3, -0.25) is 0 Å². The molecule has 0 aliphatic heterocycles. The number of nitrogens with one attached hydrogen (secondary N) is 1. The third-order valence-corrected chi connectivity index (χ3v) is 2.40. The second-order valence-corrected chi connectivity index (χ2v) is 3.64. The number of hydrogen-bond acceptors (Lipinski definition) is 3. The van der Waals surface area contributed by atoms with Gasteiger partial charge in [-0.15, -0.1) is 0 Å². The SMILES string of the molecule is CCCCCOC(=O)c1ccccc1NC. The zero-order chi connectivity index (χ0) is 11.8. The summed E-state index contributed by atoms with van der Waals surface area (Å²) >= 11 is 0. The molecule has 0 heterocycles. The van der Waals surface area contributed by atoms with Crippen LogP contribution in [0.15, 0.2) is 24.3 Å². The summed E-state index contributed by atoms with van der Waals surface area (Å²) in [6.07, 6.45) is 3.16. The Kier molecular flexibility index (Phi) is 5.40. The lowest BCUT2D eigenvalue weighted by Crippen LogP contribution is -2.09. The number of anilines is 1. The van der Waals surface area contributed by atoms with E-state index in [9.17, 15) is 4.79 Å². The molecule has 0 saturated heterocycles. The maximum atomic E-state index is 11.7. The van der Waals surface area contributed by atoms with Gasteiger partial charge >= 0.3 is 5.97 Å². The molecule has 3 heteroatoms. The Morgan fingerprint density at radius 2 is 2.06 bits per heavy atom. The van der Waals surface area contributed by atoms with E-state index >= 15 is 0 Å². The van der Waals surface area contributed by atoms with Gasteiger partial charge in [0.1, 0.15) is 0 Å². The van der Waals surface area contributed by atoms with E-state index in [1.54, 1.807) is 13.1 Å². The molecule has 1 N–H and O–H groups in total. The Labute approximate surface area is 96.8 Å². The molecule has 88 valence electrons. The van der Waals surface area contributed by atoms with Gasteiger partial charge in [0.25, 0.3) is 0 Å². The van der Waals surface area contributed by atoms with Crippen LogP contribution in [-0.4, -0.2) is 19.6 Å². The minimum atomic E-state index is -0.249. The normalized spacial score (nSPS) is 9.88. The topological polar surface area (TPSA) is 38.3 Å². The first-order valence-electron chi connectivity index (χ1n) is 5.73. The van der Waals surface area contributed by atoms with Crippen molar-refractivity contribution in [2.24, 2.45) is 0 Å². The lowest BCUT2D eigenvalue weighted by molar-refractivity contribution is 0.0499. The molecule has 1 rings (SSSR count). The molecule has 0 aliphatic rings. The van der Waals surface area contributed by atoms with E-state index in [-0.39, 0.29) is 5.97 Å². The van der Waals surface area contributed by atoms with Crippen LogP contribution in [0.4, 0.5) is 5.69 Å². The highest BCUT2D eigenvalue weighted by atomic mass is 16.5. The molecule has 0 bridgehead atoms. The predicted octanol–water partition coefficient (Wildman–Crippen LogP) is 3.08. The number of hydrogen-bond donors (Lipinski definition) is 1. The lowest BCUT2D eigenvalue weighted by Gasteiger charge is -2.08. The summed E-state index contributed by atoms with van der Waals surface area (Å²) in [5.41, 5.74) is 1.41. The van der Waals surface area contributed by atoms with Crippen molar-refractivity contribution in [3.63, 3.8) is 0 Å². The third kappa shape index (κ3) is 3.57. The summed E-state index contributed by atoms with van der Waals surface area (Å²) in [6.45, 7) is 2.63. The number of carbonyl (C=O) groups excluding carboxylic acids is 1. The smallest absolute Gasteiger partial charge is 0.340 e. The minimum Gasteiger partial charge on any atom is -0.462 e. The molecule has 0 spiro atoms. The molecule has 0 radical (unpaired) electrons. The fourth-order valence-electron chi connectivity index (χ4n) is 1.47. The van der Waals surface area contributed by atoms with Crippen molar-refractivity contribution in [1.29, 1.82) is 0 Å². The molecule has 0 unspecified atom stereocenters. The molecular formula is C13H19NO2. The van der Waals surface area contributed by atoms with Crippen LogP contribution < -0.4 is 5.32 Å². The molecule has 0 saturated carbocycles. The molecule has 0 aliphatic carbocycles. The van der Waals surface area contributed by atoms with Crippen LogP contribution in [0.1, 0.15) is 36.5 Å². The summed E-state index contributed by atoms with van der Waals surface area (Å²) in [5.74, 6) is -0.249. The number of rotatable bonds is 6. The van der Waals surface area contributed by atoms with Gasteiger partial charge in [-0.2, -0.15) is 0 Å². The average Bonchev–Trinajstić information content (AvgIpc) is 2.34. The molecule has 1 aromatic carbocycles. The zero-order valence-electron chi connectivity index (χ0n) is 9.95. The summed E-state index contributed by atoms with van der Waals surface area (Å²) in [6, 6.07) is 7.36. The highest BCUT2D eigenvalue weighted by Crippen LogP contribution is 2.15. The van der Waals surface area contributed by atoms with E-state index in [1.165, 1.54) is 0 Å². The van der Waals surface area contributed by atoms with Crippen LogP contribution in [0.3, 0.4) is 0 Å². The Balaban J connectivity index is 2.52. The number of para-hydroxylation sites is 1. The van der Waals surface area contributed by atoms with Crippen molar-refractivity contribution in [3.8, 4) is 0 Å². The van der Waals surface area contributed by atoms with Gasteiger partial charge in [-0.05, 0) is 18.6 Å². The standard InChI is InChI=1S/C13H19NO2/c1-3-4-7-10-16-13(15)11-8-5-6-9-12(11)14-2/h5-6,8-9,14H,3-4,7,10H2,1-2H3. The Hall–Kier alpha value is -1.51. The molecule has 16 heavy (non-hydrogen) atoms. The van der Waals surface area contributed by atoms with Gasteiger partial charge in [0, 0.05) is 12.7 Å². The highest BCUT2D eigenvalue weighted by molar-refractivity contribution is 5.95. The minimum absolute atomic E-state index is 0.249. The number of ether oxygens (including phenoxy) is 1. The quantitative estimate of drug-likeness (QED) is 0.592. The van der Waals surface area contributed by atoms with Crippen LogP contribution in [0.2, 0.25) is 0 Å². The van der Waals surface area contributed by atoms with Crippen molar-refractivity contribution >= 4 is 11.7 Å². The first-order valence-corrected chi connectivity index (χ1v) is 5.73. The Morgan fingerprint density at radius 3 is 2.75 bits per heavy atom. The van der Waals surface area contributed by atoms with E-state index in [0.29, 0.717) is 12.2 Å². The average molecular weight is 221 g/mol. The van der Waals surface area contributed by atoms with E-state index in [4.69, 9.17) is 4.74 Å². The first-order chi connectivity index (χ1) is 7.79. The van der Waals surface area contributed by atoms with Gasteiger partial charge in [0.2, 0.25) is 0 Å². The van der Waals surface area contributed by atoms with Crippen LogP contribution >= 0.6 is 0 Å². The number of esters is 1. The Morgan fingerprint density at radius 1 is 1.31 bits per heavy atom. The fourth-order valence-corrected chi connectivity index (χ4v) is 1.47. The summed E-state index contributed by atoms with van der Waals surface area (Å²) in [7, 11) is 1.79. The lowest BCUT2D eigenvalue weighted by atomic mass is 10.2. The van der Waals surface area contributed by atoms with E-state index in [2.05, 4.69) is 12.2 Å². The molecule has 0 atom stereocenters. The van der Waals surface area contributed by atoms with Gasteiger partial charge in [0.05, 0.1) is 12.2 Å². The van der Waals surface area contributed by atoms with Crippen LogP contribution in [0, 0.1) is 0 Å².